The lowest BCUT2D eigenvalue weighted by Gasteiger charge is -2.21. The molecule has 0 aliphatic rings. The summed E-state index contributed by atoms with van der Waals surface area (Å²) in [6, 6.07) is 15.0. The summed E-state index contributed by atoms with van der Waals surface area (Å²) in [6.45, 7) is 5.73. The monoisotopic (exact) mass is 391 g/mol. The van der Waals surface area contributed by atoms with Crippen molar-refractivity contribution in [1.29, 1.82) is 0 Å². The van der Waals surface area contributed by atoms with Gasteiger partial charge in [-0.1, -0.05) is 52.3 Å². The van der Waals surface area contributed by atoms with Gasteiger partial charge in [0.25, 0.3) is 0 Å². The third-order valence-corrected chi connectivity index (χ3v) is 3.83. The maximum atomic E-state index is 11.8. The minimum absolute atomic E-state index is 0.279. The highest BCUT2D eigenvalue weighted by atomic mass is 79.9. The third-order valence-electron chi connectivity index (χ3n) is 3.34. The lowest BCUT2D eigenvalue weighted by molar-refractivity contribution is 0.0523. The highest BCUT2D eigenvalue weighted by molar-refractivity contribution is 9.10. The van der Waals surface area contributed by atoms with Crippen LogP contribution in [-0.4, -0.2) is 16.8 Å². The molecule has 0 saturated heterocycles. The molecule has 1 amide bonds. The van der Waals surface area contributed by atoms with Crippen molar-refractivity contribution < 1.29 is 14.6 Å². The zero-order valence-corrected chi connectivity index (χ0v) is 15.6. The first-order valence-electron chi connectivity index (χ1n) is 7.74. The van der Waals surface area contributed by atoms with E-state index in [0.717, 1.165) is 21.2 Å². The van der Waals surface area contributed by atoms with E-state index in [-0.39, 0.29) is 6.54 Å². The average Bonchev–Trinajstić information content (AvgIpc) is 2.52. The Labute approximate surface area is 151 Å². The van der Waals surface area contributed by atoms with E-state index in [9.17, 15) is 9.90 Å². The Morgan fingerprint density at radius 3 is 2.50 bits per heavy atom. The molecular formula is C19H22BrNO3. The van der Waals surface area contributed by atoms with Crippen LogP contribution in [0.3, 0.4) is 0 Å². The number of hydrogen-bond donors (Lipinski definition) is 2. The maximum Gasteiger partial charge on any atom is 0.407 e. The molecule has 2 aromatic rings. The number of hydrogen-bond acceptors (Lipinski definition) is 3. The Hall–Kier alpha value is -1.85. The van der Waals surface area contributed by atoms with Gasteiger partial charge in [0.05, 0.1) is 0 Å². The lowest BCUT2D eigenvalue weighted by atomic mass is 9.97. The van der Waals surface area contributed by atoms with Gasteiger partial charge in [-0.15, -0.1) is 0 Å². The van der Waals surface area contributed by atoms with E-state index in [2.05, 4.69) is 21.2 Å². The predicted octanol–water partition coefficient (Wildman–Crippen LogP) is 4.56. The van der Waals surface area contributed by atoms with Gasteiger partial charge in [0.15, 0.2) is 0 Å². The second-order valence-electron chi connectivity index (χ2n) is 6.51. The fourth-order valence-corrected chi connectivity index (χ4v) is 2.66. The molecule has 0 saturated carbocycles. The van der Waals surface area contributed by atoms with Crippen molar-refractivity contribution in [3.63, 3.8) is 0 Å². The van der Waals surface area contributed by atoms with E-state index in [0.29, 0.717) is 0 Å². The highest BCUT2D eigenvalue weighted by Crippen LogP contribution is 2.28. The zero-order chi connectivity index (χ0) is 17.7. The van der Waals surface area contributed by atoms with E-state index in [1.807, 2.05) is 69.3 Å². The molecule has 0 heterocycles. The number of aliphatic hydroxyl groups excluding tert-OH is 1. The molecule has 0 spiro atoms. The van der Waals surface area contributed by atoms with Crippen LogP contribution in [0, 0.1) is 0 Å². The Balaban J connectivity index is 2.17. The van der Waals surface area contributed by atoms with Crippen LogP contribution >= 0.6 is 15.9 Å². The number of carbonyl (C=O) groups excluding carboxylic acids is 1. The number of carbonyl (C=O) groups is 1. The Morgan fingerprint density at radius 1 is 1.21 bits per heavy atom. The first-order chi connectivity index (χ1) is 11.3. The van der Waals surface area contributed by atoms with Gasteiger partial charge in [0, 0.05) is 11.0 Å². The molecule has 24 heavy (non-hydrogen) atoms. The van der Waals surface area contributed by atoms with Gasteiger partial charge < -0.3 is 15.2 Å². The highest BCUT2D eigenvalue weighted by Gasteiger charge is 2.18. The van der Waals surface area contributed by atoms with Gasteiger partial charge >= 0.3 is 6.09 Å². The molecule has 0 aliphatic heterocycles. The summed E-state index contributed by atoms with van der Waals surface area (Å²) in [5.41, 5.74) is 1.83. The quantitative estimate of drug-likeness (QED) is 0.802. The van der Waals surface area contributed by atoms with Crippen LogP contribution in [0.25, 0.3) is 0 Å². The van der Waals surface area contributed by atoms with Gasteiger partial charge in [0.1, 0.15) is 11.7 Å². The Morgan fingerprint density at radius 2 is 1.88 bits per heavy atom. The van der Waals surface area contributed by atoms with Crippen molar-refractivity contribution in [2.24, 2.45) is 0 Å². The maximum absolute atomic E-state index is 11.8. The van der Waals surface area contributed by atoms with Crippen LogP contribution in [0.4, 0.5) is 4.79 Å². The standard InChI is InChI=1S/C19H22BrNO3/c1-19(2,3)24-18(23)21-12-14-9-10-15(20)11-16(14)17(22)13-7-5-4-6-8-13/h4-11,17,22H,12H2,1-3H3,(H,21,23). The van der Waals surface area contributed by atoms with E-state index >= 15 is 0 Å². The van der Waals surface area contributed by atoms with Crippen LogP contribution in [-0.2, 0) is 11.3 Å². The molecule has 2 rings (SSSR count). The minimum Gasteiger partial charge on any atom is -0.444 e. The molecule has 0 radical (unpaired) electrons. The molecule has 1 unspecified atom stereocenters. The number of rotatable bonds is 4. The molecule has 5 heteroatoms. The molecule has 0 aliphatic carbocycles. The second-order valence-corrected chi connectivity index (χ2v) is 7.43. The molecule has 0 bridgehead atoms. The van der Waals surface area contributed by atoms with Crippen LogP contribution in [0.2, 0.25) is 0 Å². The molecule has 1 atom stereocenters. The Kier molecular flexibility index (Phi) is 6.02. The lowest BCUT2D eigenvalue weighted by Crippen LogP contribution is -2.32. The van der Waals surface area contributed by atoms with Crippen LogP contribution in [0.5, 0.6) is 0 Å². The SMILES string of the molecule is CC(C)(C)OC(=O)NCc1ccc(Br)cc1C(O)c1ccccc1. The minimum atomic E-state index is -0.765. The van der Waals surface area contributed by atoms with Gasteiger partial charge in [0.2, 0.25) is 0 Å². The summed E-state index contributed by atoms with van der Waals surface area (Å²) < 4.78 is 6.12. The summed E-state index contributed by atoms with van der Waals surface area (Å²) in [5, 5.41) is 13.4. The van der Waals surface area contributed by atoms with E-state index < -0.39 is 17.8 Å². The summed E-state index contributed by atoms with van der Waals surface area (Å²) in [5.74, 6) is 0. The summed E-state index contributed by atoms with van der Waals surface area (Å²) in [4.78, 5) is 11.8. The number of ether oxygens (including phenoxy) is 1. The summed E-state index contributed by atoms with van der Waals surface area (Å²) >= 11 is 3.43. The number of aliphatic hydroxyl groups is 1. The van der Waals surface area contributed by atoms with Crippen molar-refractivity contribution in [2.75, 3.05) is 0 Å². The van der Waals surface area contributed by atoms with E-state index in [1.165, 1.54) is 0 Å². The first kappa shape index (κ1) is 18.5. The van der Waals surface area contributed by atoms with Crippen LogP contribution in [0.1, 0.15) is 43.6 Å². The summed E-state index contributed by atoms with van der Waals surface area (Å²) in [7, 11) is 0. The number of benzene rings is 2. The predicted molar refractivity (Wildman–Crippen MR) is 97.7 cm³/mol. The zero-order valence-electron chi connectivity index (χ0n) is 14.0. The van der Waals surface area contributed by atoms with E-state index in [1.54, 1.807) is 0 Å². The molecule has 0 fully saturated rings. The molecule has 2 aromatic carbocycles. The smallest absolute Gasteiger partial charge is 0.407 e. The number of nitrogens with one attached hydrogen (secondary N) is 1. The largest absolute Gasteiger partial charge is 0.444 e. The second kappa shape index (κ2) is 7.81. The normalized spacial score (nSPS) is 12.5. The van der Waals surface area contributed by atoms with Crippen LogP contribution < -0.4 is 5.32 Å². The number of amides is 1. The summed E-state index contributed by atoms with van der Waals surface area (Å²) in [6.07, 6.45) is -1.25. The van der Waals surface area contributed by atoms with Crippen molar-refractivity contribution in [3.8, 4) is 0 Å². The van der Waals surface area contributed by atoms with Crippen molar-refractivity contribution in [3.05, 3.63) is 69.7 Å². The molecule has 2 N–H and O–H groups in total. The molecule has 128 valence electrons. The van der Waals surface area contributed by atoms with Crippen molar-refractivity contribution in [1.82, 2.24) is 5.32 Å². The molecule has 4 nitrogen and oxygen atoms in total. The average molecular weight is 392 g/mol. The first-order valence-corrected chi connectivity index (χ1v) is 8.54. The Bertz CT molecular complexity index is 696. The fraction of sp³-hybridized carbons (Fsp3) is 0.316. The number of alkyl carbamates (subject to hydrolysis) is 1. The van der Waals surface area contributed by atoms with Crippen molar-refractivity contribution in [2.45, 2.75) is 39.0 Å². The molecule has 0 aromatic heterocycles. The third kappa shape index (κ3) is 5.35. The van der Waals surface area contributed by atoms with Gasteiger partial charge in [-0.3, -0.25) is 0 Å². The van der Waals surface area contributed by atoms with Crippen LogP contribution in [0.15, 0.2) is 53.0 Å². The number of halogens is 1. The van der Waals surface area contributed by atoms with E-state index in [4.69, 9.17) is 4.74 Å². The molecular weight excluding hydrogens is 370 g/mol. The topological polar surface area (TPSA) is 58.6 Å². The van der Waals surface area contributed by atoms with Gasteiger partial charge in [-0.25, -0.2) is 4.79 Å². The van der Waals surface area contributed by atoms with Gasteiger partial charge in [-0.2, -0.15) is 0 Å². The van der Waals surface area contributed by atoms with Gasteiger partial charge in [-0.05, 0) is 49.6 Å². The van der Waals surface area contributed by atoms with Crippen molar-refractivity contribution >= 4 is 22.0 Å². The fourth-order valence-electron chi connectivity index (χ4n) is 2.28.